The number of rotatable bonds is 24. The summed E-state index contributed by atoms with van der Waals surface area (Å²) in [4.78, 5) is 0. The van der Waals surface area contributed by atoms with E-state index in [4.69, 9.17) is 23.7 Å². The molecule has 3 aromatic rings. The highest BCUT2D eigenvalue weighted by Crippen LogP contribution is 2.47. The number of benzene rings is 3. The van der Waals surface area contributed by atoms with Gasteiger partial charge in [-0.15, -0.1) is 0 Å². The molecule has 9 heteroatoms. The fourth-order valence-electron chi connectivity index (χ4n) is 9.45. The summed E-state index contributed by atoms with van der Waals surface area (Å²) in [6.07, 6.45) is 13.4. The van der Waals surface area contributed by atoms with Gasteiger partial charge in [0.25, 0.3) is 0 Å². The van der Waals surface area contributed by atoms with Crippen molar-refractivity contribution < 1.29 is 28.8 Å². The van der Waals surface area contributed by atoms with Crippen molar-refractivity contribution in [3.8, 4) is 0 Å². The van der Waals surface area contributed by atoms with Crippen LogP contribution in [0.1, 0.15) is 132 Å². The van der Waals surface area contributed by atoms with Crippen LogP contribution >= 0.6 is 0 Å². The second-order valence-corrected chi connectivity index (χ2v) is 18.2. The molecule has 0 bridgehead atoms. The molecule has 0 aliphatic carbocycles. The number of aliphatic hydroxyl groups is 1. The number of nitrogens with one attached hydrogen (secondary N) is 3. The first-order valence-electron chi connectivity index (χ1n) is 24.7. The molecule has 4 N–H and O–H groups in total. The van der Waals surface area contributed by atoms with Gasteiger partial charge in [0.05, 0.1) is 17.8 Å². The number of methoxy groups -OCH3 is 1. The van der Waals surface area contributed by atoms with E-state index in [1.807, 2.05) is 25.1 Å². The quantitative estimate of drug-likeness (QED) is 0.0656. The maximum Gasteiger partial charge on any atom is 0.0961 e. The van der Waals surface area contributed by atoms with E-state index in [9.17, 15) is 5.11 Å². The lowest BCUT2D eigenvalue weighted by atomic mass is 9.64. The monoisotopic (exact) mass is 874 g/mol. The molecule has 3 fully saturated rings. The molecule has 0 aromatic heterocycles. The molecule has 3 aliphatic heterocycles. The van der Waals surface area contributed by atoms with E-state index in [2.05, 4.69) is 103 Å². The van der Waals surface area contributed by atoms with Gasteiger partial charge in [-0.3, -0.25) is 0 Å². The van der Waals surface area contributed by atoms with Gasteiger partial charge in [0, 0.05) is 90.2 Å². The van der Waals surface area contributed by atoms with Gasteiger partial charge in [-0.25, -0.2) is 0 Å². The van der Waals surface area contributed by atoms with Crippen LogP contribution in [0.5, 0.6) is 0 Å². The molecule has 0 amide bonds. The average Bonchev–Trinajstić information content (AvgIpc) is 3.33. The third-order valence-corrected chi connectivity index (χ3v) is 13.0. The summed E-state index contributed by atoms with van der Waals surface area (Å²) in [7, 11) is 1.73. The fraction of sp³-hybridized carbons (Fsp3) is 0.667. The Morgan fingerprint density at radius 1 is 0.667 bits per heavy atom. The topological polar surface area (TPSA) is 102 Å². The summed E-state index contributed by atoms with van der Waals surface area (Å²) in [5.41, 5.74) is 4.10. The molecular weight excluding hydrogens is 787 g/mol. The maximum absolute atomic E-state index is 11.6. The summed E-state index contributed by atoms with van der Waals surface area (Å²) in [6, 6.07) is 29.6. The first-order valence-corrected chi connectivity index (χ1v) is 24.7. The first kappa shape index (κ1) is 52.9. The molecule has 3 saturated heterocycles. The summed E-state index contributed by atoms with van der Waals surface area (Å²) in [6.45, 7) is 20.4. The van der Waals surface area contributed by atoms with Crippen LogP contribution in [0.4, 0.5) is 0 Å². The van der Waals surface area contributed by atoms with E-state index in [0.29, 0.717) is 11.8 Å². The molecule has 0 unspecified atom stereocenters. The molecule has 0 radical (unpaired) electrons. The average molecular weight is 874 g/mol. The summed E-state index contributed by atoms with van der Waals surface area (Å²) >= 11 is 0. The second-order valence-electron chi connectivity index (χ2n) is 18.2. The summed E-state index contributed by atoms with van der Waals surface area (Å²) < 4.78 is 28.5. The lowest BCUT2D eigenvalue weighted by Crippen LogP contribution is -2.52. The fourth-order valence-corrected chi connectivity index (χ4v) is 9.45. The molecule has 63 heavy (non-hydrogen) atoms. The van der Waals surface area contributed by atoms with Crippen molar-refractivity contribution >= 4 is 0 Å². The van der Waals surface area contributed by atoms with Crippen LogP contribution in [0.2, 0.25) is 0 Å². The zero-order chi connectivity index (χ0) is 44.9. The SMILES string of the molecule is CCCOCCCO[C@@H](c1ccccc1)[C@@H]1CCCNC1.CCOCCCO[C@@H](c1cccc(C)c1)[C@@H]1CCCNC1.COCCCC[C@@](O)(c1ccccc1)[C@]1(C)CCCNC1. The van der Waals surface area contributed by atoms with E-state index in [1.165, 1.54) is 42.4 Å². The largest absolute Gasteiger partial charge is 0.385 e. The molecule has 0 spiro atoms. The normalized spacial score (nSPS) is 22.1. The van der Waals surface area contributed by atoms with E-state index in [-0.39, 0.29) is 17.6 Å². The maximum atomic E-state index is 11.6. The van der Waals surface area contributed by atoms with Gasteiger partial charge in [-0.2, -0.15) is 0 Å². The van der Waals surface area contributed by atoms with Crippen LogP contribution < -0.4 is 16.0 Å². The minimum Gasteiger partial charge on any atom is -0.385 e. The van der Waals surface area contributed by atoms with Crippen molar-refractivity contribution in [1.82, 2.24) is 16.0 Å². The van der Waals surface area contributed by atoms with Crippen LogP contribution in [-0.4, -0.2) is 97.7 Å². The predicted octanol–water partition coefficient (Wildman–Crippen LogP) is 10.1. The zero-order valence-electron chi connectivity index (χ0n) is 40.1. The number of ether oxygens (including phenoxy) is 5. The van der Waals surface area contributed by atoms with Gasteiger partial charge in [-0.05, 0) is 127 Å². The van der Waals surface area contributed by atoms with E-state index in [0.717, 1.165) is 142 Å². The highest BCUT2D eigenvalue weighted by Gasteiger charge is 2.47. The van der Waals surface area contributed by atoms with Crippen molar-refractivity contribution in [2.45, 2.75) is 123 Å². The van der Waals surface area contributed by atoms with Gasteiger partial charge in [0.1, 0.15) is 0 Å². The minimum atomic E-state index is -0.768. The van der Waals surface area contributed by atoms with Gasteiger partial charge < -0.3 is 44.7 Å². The molecule has 354 valence electrons. The van der Waals surface area contributed by atoms with Crippen molar-refractivity contribution in [2.24, 2.45) is 17.3 Å². The summed E-state index contributed by atoms with van der Waals surface area (Å²) in [5, 5.41) is 22.1. The van der Waals surface area contributed by atoms with Crippen LogP contribution in [0.15, 0.2) is 84.9 Å². The van der Waals surface area contributed by atoms with Crippen molar-refractivity contribution in [1.29, 1.82) is 0 Å². The number of hydrogen-bond acceptors (Lipinski definition) is 9. The number of unbranched alkanes of at least 4 members (excludes halogenated alkanes) is 1. The van der Waals surface area contributed by atoms with Crippen LogP contribution in [0.25, 0.3) is 0 Å². The van der Waals surface area contributed by atoms with Crippen molar-refractivity contribution in [2.75, 3.05) is 92.6 Å². The van der Waals surface area contributed by atoms with Crippen LogP contribution in [0, 0.1) is 24.2 Å². The van der Waals surface area contributed by atoms with E-state index >= 15 is 0 Å². The number of hydrogen-bond donors (Lipinski definition) is 4. The smallest absolute Gasteiger partial charge is 0.0961 e. The Kier molecular flexibility index (Phi) is 26.3. The highest BCUT2D eigenvalue weighted by atomic mass is 16.5. The molecule has 6 atom stereocenters. The van der Waals surface area contributed by atoms with Crippen molar-refractivity contribution in [3.63, 3.8) is 0 Å². The second kappa shape index (κ2) is 31.3. The molecule has 3 aromatic carbocycles. The number of aryl methyl sites for hydroxylation is 1. The lowest BCUT2D eigenvalue weighted by molar-refractivity contribution is -0.102. The standard InChI is InChI=1S/3C18H29NO2/c1-17(11-8-13-19-15-17)18(20,12-6-7-14-21-2)16-9-4-3-5-10-16;1-3-20-11-6-12-21-18(17-9-5-10-19-14-17)16-8-4-7-15(2)13-16;1-2-12-20-13-7-14-21-18(16-8-4-3-5-9-16)17-10-6-11-19-15-17/h3-5,9-10,19-20H,6-8,11-15H2,1-2H3;4,7-8,13,17-19H,3,5-6,9-12,14H2,1-2H3;3-5,8-9,17-19H,2,6-7,10-15H2,1H3/t17-,18-;2*17-,18+/m111/s1. The first-order chi connectivity index (χ1) is 30.8. The molecule has 6 rings (SSSR count). The Morgan fingerprint density at radius 3 is 1.83 bits per heavy atom. The van der Waals surface area contributed by atoms with E-state index < -0.39 is 5.60 Å². The molecular formula is C54H87N3O6. The van der Waals surface area contributed by atoms with E-state index in [1.54, 1.807) is 7.11 Å². The Bertz CT molecular complexity index is 1550. The third-order valence-electron chi connectivity index (χ3n) is 13.0. The lowest BCUT2D eigenvalue weighted by Gasteiger charge is -2.48. The zero-order valence-corrected chi connectivity index (χ0v) is 40.1. The molecule has 0 saturated carbocycles. The Labute approximate surface area is 383 Å². The van der Waals surface area contributed by atoms with Gasteiger partial charge in [0.15, 0.2) is 0 Å². The van der Waals surface area contributed by atoms with Gasteiger partial charge in [0.2, 0.25) is 0 Å². The van der Waals surface area contributed by atoms with Gasteiger partial charge >= 0.3 is 0 Å². The van der Waals surface area contributed by atoms with Crippen LogP contribution in [0.3, 0.4) is 0 Å². The predicted molar refractivity (Wildman–Crippen MR) is 259 cm³/mol. The van der Waals surface area contributed by atoms with Gasteiger partial charge in [-0.1, -0.05) is 104 Å². The van der Waals surface area contributed by atoms with Crippen molar-refractivity contribution in [3.05, 3.63) is 107 Å². The minimum absolute atomic E-state index is 0.111. The van der Waals surface area contributed by atoms with Crippen LogP contribution in [-0.2, 0) is 29.3 Å². The highest BCUT2D eigenvalue weighted by molar-refractivity contribution is 5.27. The summed E-state index contributed by atoms with van der Waals surface area (Å²) in [5.74, 6) is 1.16. The number of piperidine rings is 3. The third kappa shape index (κ3) is 18.6. The molecule has 3 aliphatic rings. The Hall–Kier alpha value is -2.70. The Balaban J connectivity index is 0.000000207. The molecule has 9 nitrogen and oxygen atoms in total. The molecule has 3 heterocycles. The Morgan fingerprint density at radius 2 is 1.27 bits per heavy atom.